The molecule has 0 aromatic heterocycles. The van der Waals surface area contributed by atoms with Crippen LogP contribution < -0.4 is 47.9 Å². The first kappa shape index (κ1) is 19.6. The maximum Gasteiger partial charge on any atom is 1.00 e. The molecule has 0 aliphatic rings. The van der Waals surface area contributed by atoms with Crippen LogP contribution in [0.5, 0.6) is 0 Å². The molecule has 0 bridgehead atoms. The van der Waals surface area contributed by atoms with E-state index < -0.39 is 17.4 Å². The van der Waals surface area contributed by atoms with E-state index in [9.17, 15) is 19.8 Å². The van der Waals surface area contributed by atoms with E-state index in [1.165, 1.54) is 24.3 Å². The minimum absolute atomic E-state index is 0. The number of carbonyl (C=O) groups excluding carboxylic acids is 2. The Morgan fingerprint density at radius 2 is 0.952 bits per heavy atom. The molecule has 2 aromatic rings. The summed E-state index contributed by atoms with van der Waals surface area (Å²) in [6.45, 7) is 0. The first-order valence-corrected chi connectivity index (χ1v) is 5.64. The number of carbonyl (C=O) groups is 2. The number of hydrogen-bond acceptors (Lipinski definition) is 4. The zero-order valence-electron chi connectivity index (χ0n) is 11.9. The molecule has 96 valence electrons. The maximum absolute atomic E-state index is 11.5. The summed E-state index contributed by atoms with van der Waals surface area (Å²) in [5.74, 6) is -3.44. The summed E-state index contributed by atoms with van der Waals surface area (Å²) in [4.78, 5) is 23.1. The Morgan fingerprint density at radius 3 is 1.19 bits per heavy atom. The van der Waals surface area contributed by atoms with Crippen LogP contribution in [-0.4, -0.2) is 11.9 Å². The molecule has 0 aliphatic carbocycles. The van der Waals surface area contributed by atoms with E-state index in [0.717, 1.165) is 0 Å². The van der Waals surface area contributed by atoms with E-state index in [-0.39, 0.29) is 48.8 Å². The second kappa shape index (κ2) is 8.12. The van der Waals surface area contributed by atoms with Gasteiger partial charge in [-0.2, -0.15) is 0 Å². The average Bonchev–Trinajstić information content (AvgIpc) is 2.41. The van der Waals surface area contributed by atoms with Crippen molar-refractivity contribution in [3.63, 3.8) is 0 Å². The number of aliphatic carboxylic acids is 2. The molecule has 0 N–H and O–H groups in total. The molecule has 4 nitrogen and oxygen atoms in total. The van der Waals surface area contributed by atoms with E-state index in [1.54, 1.807) is 36.4 Å². The average molecular weight is 268 g/mol. The van der Waals surface area contributed by atoms with Crippen molar-refractivity contribution in [2.75, 3.05) is 0 Å². The van der Waals surface area contributed by atoms with Gasteiger partial charge in [-0.3, -0.25) is 0 Å². The molecule has 0 spiro atoms. The SMILES string of the molecule is O=C([O-])C(C(=O)[O-])(c1ccccc1)c1ccccc1.[Li+].[Li+]. The molecule has 2 aromatic carbocycles. The summed E-state index contributed by atoms with van der Waals surface area (Å²) >= 11 is 0. The molecule has 0 heterocycles. The van der Waals surface area contributed by atoms with Gasteiger partial charge in [0, 0.05) is 0 Å². The Kier molecular flexibility index (Phi) is 7.57. The van der Waals surface area contributed by atoms with Gasteiger partial charge in [0.25, 0.3) is 0 Å². The topological polar surface area (TPSA) is 80.3 Å². The molecule has 0 amide bonds. The first-order valence-electron chi connectivity index (χ1n) is 5.64. The predicted octanol–water partition coefficient (Wildman–Crippen LogP) is -6.52. The van der Waals surface area contributed by atoms with Gasteiger partial charge in [-0.1, -0.05) is 60.7 Å². The summed E-state index contributed by atoms with van der Waals surface area (Å²) in [6.07, 6.45) is 0. The van der Waals surface area contributed by atoms with Crippen LogP contribution in [0.1, 0.15) is 11.1 Å². The van der Waals surface area contributed by atoms with Gasteiger partial charge in [0.15, 0.2) is 0 Å². The van der Waals surface area contributed by atoms with Gasteiger partial charge < -0.3 is 19.8 Å². The second-order valence-electron chi connectivity index (χ2n) is 4.06. The Morgan fingerprint density at radius 1 is 0.667 bits per heavy atom. The Hall–Kier alpha value is -1.43. The first-order chi connectivity index (χ1) is 9.10. The van der Waals surface area contributed by atoms with E-state index in [1.807, 2.05) is 0 Å². The number of carboxylic acids is 2. The number of benzene rings is 2. The second-order valence-corrected chi connectivity index (χ2v) is 4.06. The van der Waals surface area contributed by atoms with Crippen LogP contribution in [0.15, 0.2) is 60.7 Å². The molecule has 21 heavy (non-hydrogen) atoms. The van der Waals surface area contributed by atoms with Crippen molar-refractivity contribution in [1.29, 1.82) is 0 Å². The van der Waals surface area contributed by atoms with Gasteiger partial charge in [-0.25, -0.2) is 0 Å². The fourth-order valence-electron chi connectivity index (χ4n) is 2.10. The molecule has 0 saturated heterocycles. The summed E-state index contributed by atoms with van der Waals surface area (Å²) in [5.41, 5.74) is -2.11. The van der Waals surface area contributed by atoms with Crippen molar-refractivity contribution in [2.24, 2.45) is 0 Å². The minimum atomic E-state index is -2.30. The van der Waals surface area contributed by atoms with Crippen molar-refractivity contribution in [1.82, 2.24) is 0 Å². The Labute approximate surface area is 146 Å². The third-order valence-corrected chi connectivity index (χ3v) is 3.03. The van der Waals surface area contributed by atoms with Crippen LogP contribution in [0.25, 0.3) is 0 Å². The third-order valence-electron chi connectivity index (χ3n) is 3.03. The zero-order valence-corrected chi connectivity index (χ0v) is 11.9. The van der Waals surface area contributed by atoms with Crippen LogP contribution in [-0.2, 0) is 15.0 Å². The zero-order chi connectivity index (χ0) is 13.9. The van der Waals surface area contributed by atoms with Crippen LogP contribution >= 0.6 is 0 Å². The fraction of sp³-hybridized carbons (Fsp3) is 0.0667. The summed E-state index contributed by atoms with van der Waals surface area (Å²) in [6, 6.07) is 15.3. The van der Waals surface area contributed by atoms with Crippen LogP contribution in [0.3, 0.4) is 0 Å². The maximum atomic E-state index is 11.5. The quantitative estimate of drug-likeness (QED) is 0.408. The smallest absolute Gasteiger partial charge is 0.548 e. The van der Waals surface area contributed by atoms with Crippen LogP contribution in [0.2, 0.25) is 0 Å². The fourth-order valence-corrected chi connectivity index (χ4v) is 2.10. The Bertz CT molecular complexity index is 544. The molecule has 0 aliphatic heterocycles. The molecule has 0 radical (unpaired) electrons. The monoisotopic (exact) mass is 268 g/mol. The van der Waals surface area contributed by atoms with Crippen molar-refractivity contribution in [3.8, 4) is 0 Å². The van der Waals surface area contributed by atoms with Gasteiger partial charge in [0.05, 0.1) is 17.4 Å². The number of hydrogen-bond donors (Lipinski definition) is 0. The molecule has 0 saturated carbocycles. The molecule has 0 unspecified atom stereocenters. The van der Waals surface area contributed by atoms with Crippen LogP contribution in [0.4, 0.5) is 0 Å². The molecule has 0 fully saturated rings. The number of rotatable bonds is 4. The van der Waals surface area contributed by atoms with E-state index >= 15 is 0 Å². The molecular formula is C15H10Li2O4. The van der Waals surface area contributed by atoms with Gasteiger partial charge in [-0.05, 0) is 11.1 Å². The molecule has 2 rings (SSSR count). The van der Waals surface area contributed by atoms with E-state index in [0.29, 0.717) is 0 Å². The summed E-state index contributed by atoms with van der Waals surface area (Å²) in [7, 11) is 0. The van der Waals surface area contributed by atoms with Gasteiger partial charge in [-0.15, -0.1) is 0 Å². The molecule has 6 heteroatoms. The largest absolute Gasteiger partial charge is 1.00 e. The standard InChI is InChI=1S/C15H12O4.2Li/c16-13(17)15(14(18)19,11-7-3-1-4-8-11)12-9-5-2-6-10-12;;/h1-10H,(H,16,17)(H,18,19);;/q;2*+1/p-2. The normalized spacial score (nSPS) is 9.90. The number of carboxylic acid groups (broad SMARTS) is 2. The minimum Gasteiger partial charge on any atom is -0.548 e. The van der Waals surface area contributed by atoms with Crippen molar-refractivity contribution < 1.29 is 57.5 Å². The van der Waals surface area contributed by atoms with Gasteiger partial charge in [0.2, 0.25) is 0 Å². The van der Waals surface area contributed by atoms with Crippen molar-refractivity contribution >= 4 is 11.9 Å². The van der Waals surface area contributed by atoms with E-state index in [2.05, 4.69) is 0 Å². The summed E-state index contributed by atoms with van der Waals surface area (Å²) in [5, 5.41) is 23.1. The molecule has 0 atom stereocenters. The van der Waals surface area contributed by atoms with Crippen molar-refractivity contribution in [2.45, 2.75) is 5.41 Å². The van der Waals surface area contributed by atoms with E-state index in [4.69, 9.17) is 0 Å². The van der Waals surface area contributed by atoms with Gasteiger partial charge >= 0.3 is 37.7 Å². The van der Waals surface area contributed by atoms with Crippen molar-refractivity contribution in [3.05, 3.63) is 71.8 Å². The molecular weight excluding hydrogens is 258 g/mol. The predicted molar refractivity (Wildman–Crippen MR) is 63.7 cm³/mol. The summed E-state index contributed by atoms with van der Waals surface area (Å²) < 4.78 is 0. The Balaban J connectivity index is 0.00000200. The third kappa shape index (κ3) is 3.43. The van der Waals surface area contributed by atoms with Gasteiger partial charge in [0.1, 0.15) is 0 Å². The van der Waals surface area contributed by atoms with Crippen LogP contribution in [0, 0.1) is 0 Å².